The van der Waals surface area contributed by atoms with E-state index in [2.05, 4.69) is 10.4 Å². The average Bonchev–Trinajstić information content (AvgIpc) is 2.88. The van der Waals surface area contributed by atoms with E-state index < -0.39 is 12.0 Å². The van der Waals surface area contributed by atoms with Crippen LogP contribution in [0.15, 0.2) is 12.4 Å². The summed E-state index contributed by atoms with van der Waals surface area (Å²) in [5.41, 5.74) is 0.375. The third kappa shape index (κ3) is 3.31. The second-order valence-electron chi connectivity index (χ2n) is 4.58. The van der Waals surface area contributed by atoms with Crippen molar-refractivity contribution in [3.05, 3.63) is 18.0 Å². The van der Waals surface area contributed by atoms with E-state index in [1.54, 1.807) is 0 Å². The van der Waals surface area contributed by atoms with Gasteiger partial charge in [0.05, 0.1) is 11.8 Å². The molecule has 0 bridgehead atoms. The maximum Gasteiger partial charge on any atom is 0.328 e. The van der Waals surface area contributed by atoms with Crippen molar-refractivity contribution in [1.82, 2.24) is 15.1 Å². The molecule has 0 aliphatic carbocycles. The molecule has 1 fully saturated rings. The lowest BCUT2D eigenvalue weighted by Crippen LogP contribution is -2.38. The molecule has 1 saturated heterocycles. The van der Waals surface area contributed by atoms with Gasteiger partial charge in [0.15, 0.2) is 0 Å². The Labute approximate surface area is 110 Å². The molecule has 19 heavy (non-hydrogen) atoms. The zero-order valence-corrected chi connectivity index (χ0v) is 10.7. The molecule has 1 aliphatic heterocycles. The molecule has 7 nitrogen and oxygen atoms in total. The molecule has 0 spiro atoms. The molecular formula is C12H17N3O4. The van der Waals surface area contributed by atoms with E-state index in [0.29, 0.717) is 18.8 Å². The van der Waals surface area contributed by atoms with Crippen LogP contribution in [0.2, 0.25) is 0 Å². The van der Waals surface area contributed by atoms with Gasteiger partial charge < -0.3 is 15.2 Å². The number of hydrogen-bond donors (Lipinski definition) is 2. The number of carboxylic acids is 1. The summed E-state index contributed by atoms with van der Waals surface area (Å²) in [5.74, 6) is -1.21. The fraction of sp³-hybridized carbons (Fsp3) is 0.583. The van der Waals surface area contributed by atoms with Gasteiger partial charge in [-0.3, -0.25) is 9.48 Å². The Morgan fingerprint density at radius 3 is 2.84 bits per heavy atom. The van der Waals surface area contributed by atoms with Gasteiger partial charge in [0.1, 0.15) is 6.04 Å². The lowest BCUT2D eigenvalue weighted by atomic mass is 10.1. The van der Waals surface area contributed by atoms with E-state index in [0.717, 1.165) is 12.8 Å². The first kappa shape index (κ1) is 13.5. The molecule has 0 saturated carbocycles. The van der Waals surface area contributed by atoms with Gasteiger partial charge in [0.25, 0.3) is 5.91 Å². The average molecular weight is 267 g/mol. The number of nitrogens with zero attached hydrogens (tertiary/aromatic N) is 2. The summed E-state index contributed by atoms with van der Waals surface area (Å²) in [5, 5.41) is 15.7. The van der Waals surface area contributed by atoms with Gasteiger partial charge >= 0.3 is 5.97 Å². The molecule has 1 aromatic heterocycles. The molecule has 1 aliphatic rings. The van der Waals surface area contributed by atoms with E-state index in [9.17, 15) is 9.59 Å². The van der Waals surface area contributed by atoms with Crippen molar-refractivity contribution in [2.24, 2.45) is 0 Å². The van der Waals surface area contributed by atoms with Crippen molar-refractivity contribution in [2.45, 2.75) is 31.8 Å². The Kier molecular flexibility index (Phi) is 4.16. The van der Waals surface area contributed by atoms with Crippen molar-refractivity contribution in [2.75, 3.05) is 13.2 Å². The van der Waals surface area contributed by atoms with Crippen molar-refractivity contribution in [1.29, 1.82) is 0 Å². The highest BCUT2D eigenvalue weighted by atomic mass is 16.5. The standard InChI is InChI=1S/C12H17N3O4/c1-8(12(17)18)15-7-9(6-13-15)11(16)14-10-2-4-19-5-3-10/h6-8,10H,2-5H2,1H3,(H,14,16)(H,17,18). The highest BCUT2D eigenvalue weighted by Crippen LogP contribution is 2.10. The molecule has 1 atom stereocenters. The molecule has 1 aromatic rings. The normalized spacial score (nSPS) is 17.9. The fourth-order valence-corrected chi connectivity index (χ4v) is 1.89. The summed E-state index contributed by atoms with van der Waals surface area (Å²) < 4.78 is 6.48. The number of carbonyl (C=O) groups is 2. The fourth-order valence-electron chi connectivity index (χ4n) is 1.89. The van der Waals surface area contributed by atoms with Crippen LogP contribution in [0.4, 0.5) is 0 Å². The summed E-state index contributed by atoms with van der Waals surface area (Å²) >= 11 is 0. The molecule has 7 heteroatoms. The molecule has 104 valence electrons. The number of aromatic nitrogens is 2. The maximum atomic E-state index is 12.0. The van der Waals surface area contributed by atoms with Crippen molar-refractivity contribution >= 4 is 11.9 Å². The van der Waals surface area contributed by atoms with E-state index in [4.69, 9.17) is 9.84 Å². The van der Waals surface area contributed by atoms with E-state index in [-0.39, 0.29) is 11.9 Å². The highest BCUT2D eigenvalue weighted by molar-refractivity contribution is 5.94. The summed E-state index contributed by atoms with van der Waals surface area (Å²) in [6.45, 7) is 2.82. The maximum absolute atomic E-state index is 12.0. The number of aliphatic carboxylic acids is 1. The van der Waals surface area contributed by atoms with Crippen LogP contribution in [0.3, 0.4) is 0 Å². The van der Waals surface area contributed by atoms with Crippen LogP contribution in [0, 0.1) is 0 Å². The SMILES string of the molecule is CC(C(=O)O)n1cc(C(=O)NC2CCOCC2)cn1. The zero-order valence-electron chi connectivity index (χ0n) is 10.7. The van der Waals surface area contributed by atoms with Crippen LogP contribution in [0.1, 0.15) is 36.2 Å². The number of rotatable bonds is 4. The van der Waals surface area contributed by atoms with Gasteiger partial charge in [0.2, 0.25) is 0 Å². The van der Waals surface area contributed by atoms with Crippen LogP contribution < -0.4 is 5.32 Å². The molecule has 2 rings (SSSR count). The first-order valence-electron chi connectivity index (χ1n) is 6.23. The van der Waals surface area contributed by atoms with Gasteiger partial charge in [-0.1, -0.05) is 0 Å². The topological polar surface area (TPSA) is 93.5 Å². The van der Waals surface area contributed by atoms with Gasteiger partial charge in [-0.05, 0) is 19.8 Å². The number of carbonyl (C=O) groups excluding carboxylic acids is 1. The molecule has 0 aromatic carbocycles. The van der Waals surface area contributed by atoms with Crippen molar-refractivity contribution in [3.8, 4) is 0 Å². The van der Waals surface area contributed by atoms with Crippen LogP contribution >= 0.6 is 0 Å². The Balaban J connectivity index is 1.97. The zero-order chi connectivity index (χ0) is 13.8. The summed E-state index contributed by atoms with van der Waals surface area (Å²) in [6.07, 6.45) is 4.43. The van der Waals surface area contributed by atoms with E-state index in [1.165, 1.54) is 24.0 Å². The van der Waals surface area contributed by atoms with Crippen LogP contribution in [0.25, 0.3) is 0 Å². The minimum absolute atomic E-state index is 0.112. The van der Waals surface area contributed by atoms with Gasteiger partial charge in [-0.25, -0.2) is 4.79 Å². The van der Waals surface area contributed by atoms with Gasteiger partial charge in [-0.15, -0.1) is 0 Å². The van der Waals surface area contributed by atoms with Crippen molar-refractivity contribution < 1.29 is 19.4 Å². The Morgan fingerprint density at radius 1 is 1.53 bits per heavy atom. The molecule has 0 radical (unpaired) electrons. The predicted molar refractivity (Wildman–Crippen MR) is 65.9 cm³/mol. The minimum Gasteiger partial charge on any atom is -0.480 e. The largest absolute Gasteiger partial charge is 0.480 e. The predicted octanol–water partition coefficient (Wildman–Crippen LogP) is 0.437. The van der Waals surface area contributed by atoms with Crippen molar-refractivity contribution in [3.63, 3.8) is 0 Å². The number of carboxylic acid groups (broad SMARTS) is 1. The number of nitrogens with one attached hydrogen (secondary N) is 1. The number of ether oxygens (including phenoxy) is 1. The Bertz CT molecular complexity index is 465. The monoisotopic (exact) mass is 267 g/mol. The molecule has 2 N–H and O–H groups in total. The lowest BCUT2D eigenvalue weighted by molar-refractivity contribution is -0.140. The first-order valence-corrected chi connectivity index (χ1v) is 6.23. The quantitative estimate of drug-likeness (QED) is 0.825. The summed E-state index contributed by atoms with van der Waals surface area (Å²) in [7, 11) is 0. The van der Waals surface area contributed by atoms with Gasteiger partial charge in [0, 0.05) is 25.5 Å². The highest BCUT2D eigenvalue weighted by Gasteiger charge is 2.20. The Morgan fingerprint density at radius 2 is 2.21 bits per heavy atom. The second-order valence-corrected chi connectivity index (χ2v) is 4.58. The molecule has 1 unspecified atom stereocenters. The summed E-state index contributed by atoms with van der Waals surface area (Å²) in [4.78, 5) is 22.8. The number of hydrogen-bond acceptors (Lipinski definition) is 4. The van der Waals surface area contributed by atoms with E-state index >= 15 is 0 Å². The van der Waals surface area contributed by atoms with Crippen LogP contribution in [-0.2, 0) is 9.53 Å². The summed E-state index contributed by atoms with van der Waals surface area (Å²) in [6, 6.07) is -0.675. The third-order valence-electron chi connectivity index (χ3n) is 3.17. The molecule has 1 amide bonds. The second kappa shape index (κ2) is 5.83. The smallest absolute Gasteiger partial charge is 0.328 e. The van der Waals surface area contributed by atoms with Gasteiger partial charge in [-0.2, -0.15) is 5.10 Å². The Hall–Kier alpha value is -1.89. The van der Waals surface area contributed by atoms with Crippen LogP contribution in [-0.4, -0.2) is 46.0 Å². The molecular weight excluding hydrogens is 250 g/mol. The number of amides is 1. The van der Waals surface area contributed by atoms with E-state index in [1.807, 2.05) is 0 Å². The first-order chi connectivity index (χ1) is 9.08. The van der Waals surface area contributed by atoms with Crippen LogP contribution in [0.5, 0.6) is 0 Å². The third-order valence-corrected chi connectivity index (χ3v) is 3.17. The minimum atomic E-state index is -0.987. The molecule has 2 heterocycles. The lowest BCUT2D eigenvalue weighted by Gasteiger charge is -2.22.